The molecule has 28 heavy (non-hydrogen) atoms. The highest BCUT2D eigenvalue weighted by molar-refractivity contribution is 5.96. The molecule has 1 aromatic heterocycles. The van der Waals surface area contributed by atoms with Crippen LogP contribution >= 0.6 is 0 Å². The van der Waals surface area contributed by atoms with Crippen LogP contribution in [0.15, 0.2) is 47.1 Å². The maximum atomic E-state index is 12.8. The van der Waals surface area contributed by atoms with E-state index in [9.17, 15) is 23.6 Å². The monoisotopic (exact) mass is 391 g/mol. The summed E-state index contributed by atoms with van der Waals surface area (Å²) in [5.41, 5.74) is 0.369. The van der Waals surface area contributed by atoms with Crippen LogP contribution in [0.4, 0.5) is 10.1 Å². The predicted octanol–water partition coefficient (Wildman–Crippen LogP) is 0.835. The van der Waals surface area contributed by atoms with Crippen LogP contribution in [0.2, 0.25) is 0 Å². The molecule has 0 saturated carbocycles. The third kappa shape index (κ3) is 6.56. The number of carbonyl (C=O) groups excluding carboxylic acids is 4. The zero-order chi connectivity index (χ0) is 20.5. The summed E-state index contributed by atoms with van der Waals surface area (Å²) in [6.45, 7) is 0.402. The van der Waals surface area contributed by atoms with Crippen molar-refractivity contribution in [2.45, 2.75) is 13.0 Å². The van der Waals surface area contributed by atoms with Crippen LogP contribution in [0, 0.1) is 5.82 Å². The second-order valence-electron chi connectivity index (χ2n) is 5.61. The summed E-state index contributed by atoms with van der Waals surface area (Å²) < 4.78 is 22.5. The van der Waals surface area contributed by atoms with E-state index in [2.05, 4.69) is 16.0 Å². The molecule has 10 heteroatoms. The van der Waals surface area contributed by atoms with Crippen LogP contribution in [0.1, 0.15) is 17.5 Å². The van der Waals surface area contributed by atoms with Crippen molar-refractivity contribution in [1.29, 1.82) is 0 Å². The standard InChI is InChI=1S/C18H18FN3O6/c1-11(21-17(25)14-3-2-8-27-14)18(26)28-10-16(24)20-9-15(23)22-13-6-4-12(19)5-7-13/h2-8,11H,9-10H2,1H3,(H,20,24)(H,21,25)(H,22,23)/t11-/m1/s1. The third-order valence-corrected chi connectivity index (χ3v) is 3.37. The number of benzene rings is 1. The molecule has 2 rings (SSSR count). The summed E-state index contributed by atoms with van der Waals surface area (Å²) in [5.74, 6) is -3.08. The fourth-order valence-corrected chi connectivity index (χ4v) is 1.96. The van der Waals surface area contributed by atoms with E-state index in [1.807, 2.05) is 0 Å². The van der Waals surface area contributed by atoms with Gasteiger partial charge in [0, 0.05) is 5.69 Å². The van der Waals surface area contributed by atoms with Crippen LogP contribution < -0.4 is 16.0 Å². The van der Waals surface area contributed by atoms with Gasteiger partial charge in [-0.1, -0.05) is 0 Å². The Bertz CT molecular complexity index is 836. The van der Waals surface area contributed by atoms with Gasteiger partial charge in [-0.3, -0.25) is 14.4 Å². The van der Waals surface area contributed by atoms with E-state index in [4.69, 9.17) is 9.15 Å². The maximum absolute atomic E-state index is 12.8. The first kappa shape index (κ1) is 20.6. The lowest BCUT2D eigenvalue weighted by Crippen LogP contribution is -2.41. The number of amides is 3. The molecule has 0 saturated heterocycles. The summed E-state index contributed by atoms with van der Waals surface area (Å²) in [6, 6.07) is 7.04. The molecule has 0 bridgehead atoms. The molecule has 0 spiro atoms. The maximum Gasteiger partial charge on any atom is 0.328 e. The first-order valence-corrected chi connectivity index (χ1v) is 8.18. The van der Waals surface area contributed by atoms with E-state index < -0.39 is 42.2 Å². The van der Waals surface area contributed by atoms with Crippen LogP contribution in [-0.2, 0) is 19.1 Å². The number of carbonyl (C=O) groups is 4. The van der Waals surface area contributed by atoms with E-state index in [1.165, 1.54) is 49.6 Å². The lowest BCUT2D eigenvalue weighted by Gasteiger charge is -2.12. The Morgan fingerprint density at radius 3 is 2.46 bits per heavy atom. The van der Waals surface area contributed by atoms with Crippen molar-refractivity contribution in [2.24, 2.45) is 0 Å². The fraction of sp³-hybridized carbons (Fsp3) is 0.222. The first-order valence-electron chi connectivity index (χ1n) is 8.18. The molecule has 0 aliphatic carbocycles. The molecular formula is C18H18FN3O6. The van der Waals surface area contributed by atoms with Crippen LogP contribution in [0.3, 0.4) is 0 Å². The van der Waals surface area contributed by atoms with Crippen molar-refractivity contribution in [3.05, 3.63) is 54.2 Å². The van der Waals surface area contributed by atoms with Crippen molar-refractivity contribution in [1.82, 2.24) is 10.6 Å². The largest absolute Gasteiger partial charge is 0.459 e. The van der Waals surface area contributed by atoms with Gasteiger partial charge in [-0.25, -0.2) is 9.18 Å². The van der Waals surface area contributed by atoms with Crippen molar-refractivity contribution in [2.75, 3.05) is 18.5 Å². The van der Waals surface area contributed by atoms with Gasteiger partial charge in [0.25, 0.3) is 11.8 Å². The van der Waals surface area contributed by atoms with Crippen LogP contribution in [0.5, 0.6) is 0 Å². The number of esters is 1. The van der Waals surface area contributed by atoms with Gasteiger partial charge in [0.1, 0.15) is 11.9 Å². The molecule has 0 unspecified atom stereocenters. The second kappa shape index (κ2) is 9.86. The Hall–Kier alpha value is -3.69. The number of ether oxygens (including phenoxy) is 1. The van der Waals surface area contributed by atoms with Crippen molar-refractivity contribution in [3.63, 3.8) is 0 Å². The van der Waals surface area contributed by atoms with Gasteiger partial charge < -0.3 is 25.1 Å². The summed E-state index contributed by atoms with van der Waals surface area (Å²) in [5, 5.41) is 7.08. The summed E-state index contributed by atoms with van der Waals surface area (Å²) in [7, 11) is 0. The molecule has 148 valence electrons. The topological polar surface area (TPSA) is 127 Å². The minimum atomic E-state index is -1.01. The average Bonchev–Trinajstić information content (AvgIpc) is 3.21. The van der Waals surface area contributed by atoms with E-state index in [-0.39, 0.29) is 12.3 Å². The first-order chi connectivity index (χ1) is 13.3. The van der Waals surface area contributed by atoms with Crippen molar-refractivity contribution in [3.8, 4) is 0 Å². The Kier molecular flexibility index (Phi) is 7.26. The number of halogens is 1. The van der Waals surface area contributed by atoms with Gasteiger partial charge in [-0.15, -0.1) is 0 Å². The molecule has 0 fully saturated rings. The quantitative estimate of drug-likeness (QED) is 0.572. The minimum Gasteiger partial charge on any atom is -0.459 e. The Morgan fingerprint density at radius 2 is 1.82 bits per heavy atom. The van der Waals surface area contributed by atoms with Crippen LogP contribution in [0.25, 0.3) is 0 Å². The molecule has 2 aromatic rings. The van der Waals surface area contributed by atoms with E-state index in [0.29, 0.717) is 5.69 Å². The zero-order valence-corrected chi connectivity index (χ0v) is 14.9. The normalized spacial score (nSPS) is 11.2. The Morgan fingerprint density at radius 1 is 1.11 bits per heavy atom. The molecule has 1 aromatic carbocycles. The second-order valence-corrected chi connectivity index (χ2v) is 5.61. The summed E-state index contributed by atoms with van der Waals surface area (Å²) in [6.07, 6.45) is 1.31. The fourth-order valence-electron chi connectivity index (χ4n) is 1.96. The van der Waals surface area contributed by atoms with E-state index in [1.54, 1.807) is 0 Å². The number of furan rings is 1. The Balaban J connectivity index is 1.66. The van der Waals surface area contributed by atoms with Gasteiger partial charge in [0.15, 0.2) is 12.4 Å². The van der Waals surface area contributed by atoms with Gasteiger partial charge >= 0.3 is 5.97 Å². The highest BCUT2D eigenvalue weighted by Gasteiger charge is 2.20. The number of hydrogen-bond acceptors (Lipinski definition) is 6. The number of anilines is 1. The molecule has 0 radical (unpaired) electrons. The summed E-state index contributed by atoms with van der Waals surface area (Å²) in [4.78, 5) is 46.9. The smallest absolute Gasteiger partial charge is 0.328 e. The molecule has 1 heterocycles. The molecule has 1 atom stereocenters. The SMILES string of the molecule is C[C@@H](NC(=O)c1ccco1)C(=O)OCC(=O)NCC(=O)Nc1ccc(F)cc1. The Labute approximate surface area is 159 Å². The zero-order valence-electron chi connectivity index (χ0n) is 14.9. The number of rotatable bonds is 8. The van der Waals surface area contributed by atoms with Gasteiger partial charge in [0.05, 0.1) is 12.8 Å². The van der Waals surface area contributed by atoms with E-state index >= 15 is 0 Å². The van der Waals surface area contributed by atoms with Crippen LogP contribution in [-0.4, -0.2) is 42.9 Å². The molecule has 0 aliphatic heterocycles. The number of hydrogen-bond donors (Lipinski definition) is 3. The highest BCUT2D eigenvalue weighted by atomic mass is 19.1. The molecule has 3 amide bonds. The molecule has 9 nitrogen and oxygen atoms in total. The van der Waals surface area contributed by atoms with Gasteiger partial charge in [-0.2, -0.15) is 0 Å². The third-order valence-electron chi connectivity index (χ3n) is 3.37. The van der Waals surface area contributed by atoms with Crippen molar-refractivity contribution >= 4 is 29.4 Å². The average molecular weight is 391 g/mol. The molecule has 0 aliphatic rings. The lowest BCUT2D eigenvalue weighted by atomic mass is 10.3. The predicted molar refractivity (Wildman–Crippen MR) is 94.6 cm³/mol. The van der Waals surface area contributed by atoms with Gasteiger partial charge in [0.2, 0.25) is 5.91 Å². The van der Waals surface area contributed by atoms with E-state index in [0.717, 1.165) is 0 Å². The van der Waals surface area contributed by atoms with Gasteiger partial charge in [-0.05, 0) is 43.3 Å². The summed E-state index contributed by atoms with van der Waals surface area (Å²) >= 11 is 0. The molecule has 3 N–H and O–H groups in total. The minimum absolute atomic E-state index is 0.0320. The van der Waals surface area contributed by atoms with Crippen molar-refractivity contribution < 1.29 is 32.7 Å². The molecular weight excluding hydrogens is 373 g/mol. The number of nitrogens with one attached hydrogen (secondary N) is 3. The highest BCUT2D eigenvalue weighted by Crippen LogP contribution is 2.07. The lowest BCUT2D eigenvalue weighted by molar-refractivity contribution is -0.150.